The van der Waals surface area contributed by atoms with Crippen LogP contribution in [-0.4, -0.2) is 85.2 Å². The van der Waals surface area contributed by atoms with E-state index in [-0.39, 0.29) is 48.5 Å². The molecule has 4 fully saturated rings. The second-order valence-corrected chi connectivity index (χ2v) is 8.85. The van der Waals surface area contributed by atoms with Gasteiger partial charge in [-0.1, -0.05) is 0 Å². The van der Waals surface area contributed by atoms with Crippen LogP contribution in [0.25, 0.3) is 0 Å². The van der Waals surface area contributed by atoms with Crippen molar-refractivity contribution in [1.29, 1.82) is 0 Å². The summed E-state index contributed by atoms with van der Waals surface area (Å²) in [5, 5.41) is 10.6. The summed E-state index contributed by atoms with van der Waals surface area (Å²) >= 11 is 0. The number of nitrogens with two attached hydrogens (primary N) is 2. The Labute approximate surface area is 172 Å². The smallest absolute Gasteiger partial charge is 0.410 e. The predicted octanol–water partition coefficient (Wildman–Crippen LogP) is -1.33. The molecule has 164 valence electrons. The molecular weight excluding hydrogens is 374 g/mol. The van der Waals surface area contributed by atoms with Crippen molar-refractivity contribution in [3.63, 3.8) is 0 Å². The van der Waals surface area contributed by atoms with Gasteiger partial charge in [0.2, 0.25) is 5.91 Å². The molecule has 10 nitrogen and oxygen atoms in total. The third-order valence-electron chi connectivity index (χ3n) is 6.79. The summed E-state index contributed by atoms with van der Waals surface area (Å²) in [7, 11) is 0. The number of hydrogen-bond acceptors (Lipinski definition) is 8. The molecule has 0 spiro atoms. The van der Waals surface area contributed by atoms with Crippen LogP contribution in [0.15, 0.2) is 0 Å². The molecule has 4 aliphatic rings. The highest BCUT2D eigenvalue weighted by atomic mass is 16.6. The molecule has 0 aromatic carbocycles. The molecule has 0 bridgehead atoms. The van der Waals surface area contributed by atoms with Crippen LogP contribution in [0.5, 0.6) is 0 Å². The van der Waals surface area contributed by atoms with Crippen LogP contribution < -0.4 is 27.4 Å². The highest BCUT2D eigenvalue weighted by Crippen LogP contribution is 2.26. The number of nitrogens with one attached hydrogen (secondary N) is 3. The molecule has 1 aliphatic carbocycles. The first-order valence-corrected chi connectivity index (χ1v) is 11.0. The fourth-order valence-corrected chi connectivity index (χ4v) is 5.23. The van der Waals surface area contributed by atoms with Crippen molar-refractivity contribution in [2.24, 2.45) is 17.4 Å². The van der Waals surface area contributed by atoms with E-state index >= 15 is 0 Å². The Morgan fingerprint density at radius 3 is 2.79 bits per heavy atom. The predicted molar refractivity (Wildman–Crippen MR) is 107 cm³/mol. The zero-order valence-corrected chi connectivity index (χ0v) is 17.0. The fraction of sp³-hybridized carbons (Fsp3) is 0.895. The van der Waals surface area contributed by atoms with Crippen LogP contribution in [0.2, 0.25) is 0 Å². The van der Waals surface area contributed by atoms with Crippen molar-refractivity contribution in [1.82, 2.24) is 25.8 Å². The molecule has 0 aromatic heterocycles. The molecule has 3 aliphatic heterocycles. The third kappa shape index (κ3) is 4.83. The number of hydrogen-bond donors (Lipinski definition) is 5. The van der Waals surface area contributed by atoms with Gasteiger partial charge in [-0.05, 0) is 38.5 Å². The van der Waals surface area contributed by atoms with Gasteiger partial charge in [-0.25, -0.2) is 4.79 Å². The summed E-state index contributed by atoms with van der Waals surface area (Å²) < 4.78 is 5.11. The quantitative estimate of drug-likeness (QED) is 0.376. The molecule has 1 saturated carbocycles. The first kappa shape index (κ1) is 20.8. The minimum absolute atomic E-state index is 0.0256. The highest BCUT2D eigenvalue weighted by molar-refractivity contribution is 5.77. The van der Waals surface area contributed by atoms with Gasteiger partial charge in [-0.2, -0.15) is 0 Å². The fourth-order valence-electron chi connectivity index (χ4n) is 5.23. The zero-order chi connectivity index (χ0) is 20.4. The van der Waals surface area contributed by atoms with Crippen molar-refractivity contribution < 1.29 is 14.3 Å². The van der Waals surface area contributed by atoms with Crippen LogP contribution >= 0.6 is 0 Å². The van der Waals surface area contributed by atoms with Gasteiger partial charge in [0.1, 0.15) is 12.9 Å². The number of likely N-dealkylation sites (tertiary alicyclic amines) is 1. The second-order valence-electron chi connectivity index (χ2n) is 8.85. The van der Waals surface area contributed by atoms with Crippen molar-refractivity contribution >= 4 is 12.0 Å². The lowest BCUT2D eigenvalue weighted by Gasteiger charge is -2.46. The van der Waals surface area contributed by atoms with E-state index in [0.717, 1.165) is 51.6 Å². The maximum Gasteiger partial charge on any atom is 0.410 e. The molecule has 7 N–H and O–H groups in total. The largest absolute Gasteiger partial charge is 0.448 e. The van der Waals surface area contributed by atoms with E-state index in [2.05, 4.69) is 20.9 Å². The molecule has 5 unspecified atom stereocenters. The summed E-state index contributed by atoms with van der Waals surface area (Å²) in [5.74, 6) is -0.645. The number of ether oxygens (including phenoxy) is 1. The first-order valence-electron chi connectivity index (χ1n) is 11.0. The Morgan fingerprint density at radius 1 is 1.21 bits per heavy atom. The summed E-state index contributed by atoms with van der Waals surface area (Å²) in [6, 6.07) is 0.608. The number of cyclic esters (lactones) is 1. The SMILES string of the molecule is NC(=O)C1CNC(N2CCC[C@H](N)C2)NC1NC1CCCC(N2CCOC2=O)C1. The van der Waals surface area contributed by atoms with Gasteiger partial charge in [-0.15, -0.1) is 0 Å². The van der Waals surface area contributed by atoms with E-state index in [9.17, 15) is 9.59 Å². The van der Waals surface area contributed by atoms with E-state index in [1.165, 1.54) is 0 Å². The van der Waals surface area contributed by atoms with E-state index in [1.54, 1.807) is 0 Å². The van der Waals surface area contributed by atoms with Crippen LogP contribution in [0.4, 0.5) is 4.79 Å². The maximum absolute atomic E-state index is 12.1. The van der Waals surface area contributed by atoms with E-state index in [1.807, 2.05) is 4.90 Å². The number of carbonyl (C=O) groups is 2. The maximum atomic E-state index is 12.1. The van der Waals surface area contributed by atoms with Gasteiger partial charge >= 0.3 is 6.09 Å². The van der Waals surface area contributed by atoms with Crippen LogP contribution in [0.1, 0.15) is 38.5 Å². The van der Waals surface area contributed by atoms with Gasteiger partial charge < -0.3 is 21.1 Å². The van der Waals surface area contributed by atoms with Gasteiger partial charge in [-0.3, -0.25) is 25.6 Å². The summed E-state index contributed by atoms with van der Waals surface area (Å²) in [6.45, 7) is 3.50. The Bertz CT molecular complexity index is 606. The average molecular weight is 410 g/mol. The van der Waals surface area contributed by atoms with Gasteiger partial charge in [0.05, 0.1) is 18.6 Å². The average Bonchev–Trinajstić information content (AvgIpc) is 3.14. The minimum atomic E-state index is -0.332. The summed E-state index contributed by atoms with van der Waals surface area (Å²) in [6.07, 6.45) is 5.64. The summed E-state index contributed by atoms with van der Waals surface area (Å²) in [4.78, 5) is 28.2. The molecule has 4 rings (SSSR count). The molecule has 0 aromatic rings. The van der Waals surface area contributed by atoms with Gasteiger partial charge in [0.25, 0.3) is 0 Å². The Morgan fingerprint density at radius 2 is 2.07 bits per heavy atom. The highest BCUT2D eigenvalue weighted by Gasteiger charge is 2.39. The lowest BCUT2D eigenvalue weighted by Crippen LogP contribution is -2.72. The monoisotopic (exact) mass is 409 g/mol. The molecule has 3 saturated heterocycles. The second kappa shape index (κ2) is 9.13. The van der Waals surface area contributed by atoms with Crippen molar-refractivity contribution in [2.75, 3.05) is 32.8 Å². The lowest BCUT2D eigenvalue weighted by molar-refractivity contribution is -0.124. The van der Waals surface area contributed by atoms with Crippen LogP contribution in [-0.2, 0) is 9.53 Å². The van der Waals surface area contributed by atoms with E-state index < -0.39 is 0 Å². The Balaban J connectivity index is 1.38. The van der Waals surface area contributed by atoms with Crippen molar-refractivity contribution in [3.05, 3.63) is 0 Å². The molecule has 2 amide bonds. The van der Waals surface area contributed by atoms with E-state index in [4.69, 9.17) is 16.2 Å². The van der Waals surface area contributed by atoms with Crippen molar-refractivity contribution in [3.8, 4) is 0 Å². The third-order valence-corrected chi connectivity index (χ3v) is 6.79. The molecule has 10 heteroatoms. The normalized spacial score (nSPS) is 39.3. The molecule has 29 heavy (non-hydrogen) atoms. The minimum Gasteiger partial charge on any atom is -0.448 e. The Kier molecular flexibility index (Phi) is 6.55. The van der Waals surface area contributed by atoms with Crippen molar-refractivity contribution in [2.45, 2.75) is 69.1 Å². The zero-order valence-electron chi connectivity index (χ0n) is 17.0. The van der Waals surface area contributed by atoms with Gasteiger partial charge in [0, 0.05) is 37.8 Å². The first-order chi connectivity index (χ1) is 14.0. The summed E-state index contributed by atoms with van der Waals surface area (Å²) in [5.41, 5.74) is 11.8. The molecule has 0 radical (unpaired) electrons. The van der Waals surface area contributed by atoms with Gasteiger partial charge in [0.15, 0.2) is 0 Å². The van der Waals surface area contributed by atoms with E-state index in [0.29, 0.717) is 19.7 Å². The Hall–Kier alpha value is -1.46. The number of primary amides is 1. The number of carbonyl (C=O) groups excluding carboxylic acids is 2. The number of rotatable bonds is 5. The van der Waals surface area contributed by atoms with Crippen LogP contribution in [0, 0.1) is 5.92 Å². The topological polar surface area (TPSA) is 138 Å². The number of nitrogens with zero attached hydrogens (tertiary/aromatic N) is 2. The number of piperidine rings is 1. The molecule has 3 heterocycles. The lowest BCUT2D eigenvalue weighted by atomic mass is 9.89. The number of amides is 2. The standard InChI is InChI=1S/C19H35N7O3/c20-12-3-2-6-25(11-12)18-22-10-15(16(21)27)17(24-18)23-13-4-1-5-14(9-13)26-7-8-29-19(26)28/h12-15,17-18,22-24H,1-11,20H2,(H2,21,27)/t12-,13?,14?,15?,17?,18?/m0/s1. The molecule has 6 atom stereocenters. The molecular formula is C19H35N7O3. The van der Waals surface area contributed by atoms with Crippen LogP contribution in [0.3, 0.4) is 0 Å².